The molecule has 1 saturated carbocycles. The lowest BCUT2D eigenvalue weighted by Gasteiger charge is -2.21. The topological polar surface area (TPSA) is 34.1 Å². The molecule has 0 spiro atoms. The molecular weight excluding hydrogens is 268 g/mol. The van der Waals surface area contributed by atoms with Gasteiger partial charge in [-0.25, -0.2) is 8.42 Å². The van der Waals surface area contributed by atoms with Crippen LogP contribution in [0, 0.1) is 5.92 Å². The SMILES string of the molecule is CC(CCC[C]1CCCCC1)S(=O)(=O)c1ccccc1. The maximum Gasteiger partial charge on any atom is 0.180 e. The molecule has 0 saturated heterocycles. The molecule has 1 atom stereocenters. The fraction of sp³-hybridized carbons (Fsp3) is 0.588. The van der Waals surface area contributed by atoms with Crippen LogP contribution in [0.1, 0.15) is 58.3 Å². The minimum absolute atomic E-state index is 0.283. The molecule has 1 aliphatic carbocycles. The number of benzene rings is 1. The van der Waals surface area contributed by atoms with Crippen molar-refractivity contribution in [1.29, 1.82) is 0 Å². The average Bonchev–Trinajstić information content (AvgIpc) is 2.49. The Hall–Kier alpha value is -0.830. The first kappa shape index (κ1) is 15.6. The zero-order valence-corrected chi connectivity index (χ0v) is 13.2. The van der Waals surface area contributed by atoms with Crippen LogP contribution in [0.5, 0.6) is 0 Å². The quantitative estimate of drug-likeness (QED) is 0.770. The van der Waals surface area contributed by atoms with Gasteiger partial charge in [0, 0.05) is 0 Å². The predicted octanol–water partition coefficient (Wildman–Crippen LogP) is 4.56. The smallest absolute Gasteiger partial charge is 0.180 e. The van der Waals surface area contributed by atoms with E-state index in [2.05, 4.69) is 0 Å². The first-order chi connectivity index (χ1) is 9.60. The highest BCUT2D eigenvalue weighted by molar-refractivity contribution is 7.92. The highest BCUT2D eigenvalue weighted by atomic mass is 32.2. The second-order valence-corrected chi connectivity index (χ2v) is 8.24. The van der Waals surface area contributed by atoms with Crippen molar-refractivity contribution < 1.29 is 8.42 Å². The molecule has 0 heterocycles. The van der Waals surface area contributed by atoms with E-state index < -0.39 is 9.84 Å². The number of hydrogen-bond donors (Lipinski definition) is 0. The van der Waals surface area contributed by atoms with Gasteiger partial charge in [0.05, 0.1) is 10.1 Å². The molecule has 0 aromatic heterocycles. The second kappa shape index (κ2) is 7.26. The van der Waals surface area contributed by atoms with Gasteiger partial charge in [-0.05, 0) is 50.7 Å². The summed E-state index contributed by atoms with van der Waals surface area (Å²) in [6.07, 6.45) is 9.43. The molecule has 1 aromatic rings. The largest absolute Gasteiger partial charge is 0.223 e. The molecule has 20 heavy (non-hydrogen) atoms. The van der Waals surface area contributed by atoms with Crippen molar-refractivity contribution in [1.82, 2.24) is 0 Å². The molecular formula is C17H25O2S. The van der Waals surface area contributed by atoms with Crippen molar-refractivity contribution in [2.75, 3.05) is 0 Å². The molecule has 1 radical (unpaired) electrons. The third kappa shape index (κ3) is 4.08. The first-order valence-electron chi connectivity index (χ1n) is 7.73. The molecule has 1 unspecified atom stereocenters. The maximum absolute atomic E-state index is 12.4. The number of rotatable bonds is 6. The molecule has 2 nitrogen and oxygen atoms in total. The van der Waals surface area contributed by atoms with Crippen LogP contribution in [0.3, 0.4) is 0 Å². The Morgan fingerprint density at radius 2 is 1.70 bits per heavy atom. The first-order valence-corrected chi connectivity index (χ1v) is 9.28. The lowest BCUT2D eigenvalue weighted by atomic mass is 9.86. The van der Waals surface area contributed by atoms with E-state index >= 15 is 0 Å². The fourth-order valence-corrected chi connectivity index (χ4v) is 4.42. The van der Waals surface area contributed by atoms with Crippen LogP contribution in [0.2, 0.25) is 0 Å². The van der Waals surface area contributed by atoms with E-state index in [1.807, 2.05) is 13.0 Å². The normalized spacial score (nSPS) is 18.9. The molecule has 0 N–H and O–H groups in total. The molecule has 2 rings (SSSR count). The summed E-state index contributed by atoms with van der Waals surface area (Å²) in [6.45, 7) is 1.84. The third-order valence-electron chi connectivity index (χ3n) is 4.30. The lowest BCUT2D eigenvalue weighted by Crippen LogP contribution is -2.18. The average molecular weight is 293 g/mol. The van der Waals surface area contributed by atoms with Gasteiger partial charge in [0.1, 0.15) is 0 Å². The lowest BCUT2D eigenvalue weighted by molar-refractivity contribution is 0.489. The minimum Gasteiger partial charge on any atom is -0.223 e. The zero-order valence-electron chi connectivity index (χ0n) is 12.3. The highest BCUT2D eigenvalue weighted by Crippen LogP contribution is 2.30. The van der Waals surface area contributed by atoms with Crippen molar-refractivity contribution in [2.24, 2.45) is 0 Å². The van der Waals surface area contributed by atoms with Gasteiger partial charge in [-0.3, -0.25) is 0 Å². The van der Waals surface area contributed by atoms with E-state index in [0.717, 1.165) is 19.3 Å². The van der Waals surface area contributed by atoms with Crippen molar-refractivity contribution in [3.05, 3.63) is 36.2 Å². The number of sulfone groups is 1. The molecule has 111 valence electrons. The van der Waals surface area contributed by atoms with Gasteiger partial charge >= 0.3 is 0 Å². The van der Waals surface area contributed by atoms with Crippen LogP contribution in [-0.4, -0.2) is 13.7 Å². The second-order valence-electron chi connectivity index (χ2n) is 5.87. The monoisotopic (exact) mass is 293 g/mol. The van der Waals surface area contributed by atoms with Crippen LogP contribution in [0.4, 0.5) is 0 Å². The number of hydrogen-bond acceptors (Lipinski definition) is 2. The van der Waals surface area contributed by atoms with E-state index in [-0.39, 0.29) is 5.25 Å². The van der Waals surface area contributed by atoms with Gasteiger partial charge < -0.3 is 0 Å². The molecule has 0 amide bonds. The Morgan fingerprint density at radius 3 is 2.35 bits per heavy atom. The predicted molar refractivity (Wildman–Crippen MR) is 83.3 cm³/mol. The van der Waals surface area contributed by atoms with Crippen LogP contribution < -0.4 is 0 Å². The van der Waals surface area contributed by atoms with E-state index in [4.69, 9.17) is 0 Å². The van der Waals surface area contributed by atoms with Crippen LogP contribution in [0.25, 0.3) is 0 Å². The van der Waals surface area contributed by atoms with Crippen molar-refractivity contribution in [3.8, 4) is 0 Å². The maximum atomic E-state index is 12.4. The third-order valence-corrected chi connectivity index (χ3v) is 6.53. The van der Waals surface area contributed by atoms with E-state index in [1.54, 1.807) is 30.2 Å². The standard InChI is InChI=1S/C17H25O2S/c1-15(9-8-12-16-10-4-2-5-11-16)20(18,19)17-13-6-3-7-14-17/h3,6-7,13-15H,2,4-5,8-12H2,1H3. The van der Waals surface area contributed by atoms with Crippen molar-refractivity contribution >= 4 is 9.84 Å². The Balaban J connectivity index is 1.83. The summed E-state index contributed by atoms with van der Waals surface area (Å²) in [5.74, 6) is 1.65. The van der Waals surface area contributed by atoms with Gasteiger partial charge in [0.25, 0.3) is 0 Å². The Morgan fingerprint density at radius 1 is 1.05 bits per heavy atom. The molecule has 0 aliphatic heterocycles. The van der Waals surface area contributed by atoms with E-state index in [1.165, 1.54) is 32.1 Å². The van der Waals surface area contributed by atoms with Gasteiger partial charge in [0.2, 0.25) is 0 Å². The minimum atomic E-state index is -3.15. The Bertz CT molecular complexity index is 487. The Kier molecular flexibility index (Phi) is 5.64. The molecule has 0 bridgehead atoms. The summed E-state index contributed by atoms with van der Waals surface area (Å²) in [6, 6.07) is 8.82. The van der Waals surface area contributed by atoms with Crippen molar-refractivity contribution in [3.63, 3.8) is 0 Å². The van der Waals surface area contributed by atoms with Gasteiger partial charge in [-0.15, -0.1) is 0 Å². The van der Waals surface area contributed by atoms with Gasteiger partial charge in [0.15, 0.2) is 9.84 Å². The summed E-state index contributed by atoms with van der Waals surface area (Å²) in [5, 5.41) is -0.283. The summed E-state index contributed by atoms with van der Waals surface area (Å²) in [5.41, 5.74) is 0. The zero-order chi connectivity index (χ0) is 14.4. The molecule has 1 aromatic carbocycles. The van der Waals surface area contributed by atoms with Crippen LogP contribution >= 0.6 is 0 Å². The van der Waals surface area contributed by atoms with Gasteiger partial charge in [-0.1, -0.05) is 43.9 Å². The summed E-state index contributed by atoms with van der Waals surface area (Å²) in [4.78, 5) is 0.456. The molecule has 1 aliphatic rings. The van der Waals surface area contributed by atoms with Crippen LogP contribution in [0.15, 0.2) is 35.2 Å². The van der Waals surface area contributed by atoms with Crippen molar-refractivity contribution in [2.45, 2.75) is 68.4 Å². The fourth-order valence-electron chi connectivity index (χ4n) is 2.94. The molecule has 3 heteroatoms. The van der Waals surface area contributed by atoms with E-state index in [9.17, 15) is 8.42 Å². The van der Waals surface area contributed by atoms with E-state index in [0.29, 0.717) is 4.90 Å². The highest BCUT2D eigenvalue weighted by Gasteiger charge is 2.23. The summed E-state index contributed by atoms with van der Waals surface area (Å²) in [7, 11) is -3.15. The summed E-state index contributed by atoms with van der Waals surface area (Å²) >= 11 is 0. The van der Waals surface area contributed by atoms with Crippen LogP contribution in [-0.2, 0) is 9.84 Å². The van der Waals surface area contributed by atoms with Gasteiger partial charge in [-0.2, -0.15) is 0 Å². The Labute approximate surface area is 123 Å². The summed E-state index contributed by atoms with van der Waals surface area (Å²) < 4.78 is 24.8. The molecule has 1 fully saturated rings.